The van der Waals surface area contributed by atoms with Gasteiger partial charge in [-0.3, -0.25) is 0 Å². The Morgan fingerprint density at radius 3 is 2.50 bits per heavy atom. The largest absolute Gasteiger partial charge is 0.442 e. The average molecular weight is 316 g/mol. The lowest BCUT2D eigenvalue weighted by atomic mass is 10.1. The van der Waals surface area contributed by atoms with Gasteiger partial charge in [0.2, 0.25) is 0 Å². The first-order valence-corrected chi connectivity index (χ1v) is 7.12. The van der Waals surface area contributed by atoms with Crippen molar-refractivity contribution in [2.24, 2.45) is 5.10 Å². The highest BCUT2D eigenvalue weighted by Gasteiger charge is 2.22. The van der Waals surface area contributed by atoms with Crippen LogP contribution in [0.4, 0.5) is 10.5 Å². The number of rotatable bonds is 3. The first kappa shape index (κ1) is 14.4. The van der Waals surface area contributed by atoms with Crippen LogP contribution in [0, 0.1) is 0 Å². The third kappa shape index (κ3) is 3.20. The Labute approximate surface area is 132 Å². The lowest BCUT2D eigenvalue weighted by Gasteiger charge is -2.23. The summed E-state index contributed by atoms with van der Waals surface area (Å²) in [5.74, 6) is 0. The van der Waals surface area contributed by atoms with Gasteiger partial charge >= 0.3 is 6.09 Å². The summed E-state index contributed by atoms with van der Waals surface area (Å²) < 4.78 is 5.18. The van der Waals surface area contributed by atoms with Gasteiger partial charge in [-0.2, -0.15) is 10.1 Å². The summed E-state index contributed by atoms with van der Waals surface area (Å²) in [6, 6.07) is 14.5. The first-order chi connectivity index (χ1) is 10.6. The third-order valence-corrected chi connectivity index (χ3v) is 3.53. The molecule has 1 aliphatic heterocycles. The Balaban J connectivity index is 1.82. The number of benzene rings is 2. The first-order valence-electron chi connectivity index (χ1n) is 6.74. The number of amides is 1. The SMILES string of the molecule is Nc1ccc(CN2N=C(c3ccc(Cl)cc3)COC2=O)cc1. The van der Waals surface area contributed by atoms with Crippen molar-refractivity contribution in [2.45, 2.75) is 6.54 Å². The van der Waals surface area contributed by atoms with Crippen molar-refractivity contribution in [1.29, 1.82) is 0 Å². The highest BCUT2D eigenvalue weighted by molar-refractivity contribution is 6.30. The quantitative estimate of drug-likeness (QED) is 0.884. The highest BCUT2D eigenvalue weighted by atomic mass is 35.5. The molecule has 0 spiro atoms. The number of nitrogen functional groups attached to an aromatic ring is 1. The summed E-state index contributed by atoms with van der Waals surface area (Å²) in [5.41, 5.74) is 8.81. The number of hydrazone groups is 1. The van der Waals surface area contributed by atoms with Crippen molar-refractivity contribution in [3.8, 4) is 0 Å². The summed E-state index contributed by atoms with van der Waals surface area (Å²) in [6.45, 7) is 0.481. The van der Waals surface area contributed by atoms with Gasteiger partial charge < -0.3 is 10.5 Å². The second-order valence-electron chi connectivity index (χ2n) is 4.91. The van der Waals surface area contributed by atoms with Crippen molar-refractivity contribution in [3.63, 3.8) is 0 Å². The minimum atomic E-state index is -0.463. The van der Waals surface area contributed by atoms with Crippen LogP contribution in [0.1, 0.15) is 11.1 Å². The molecule has 0 radical (unpaired) electrons. The van der Waals surface area contributed by atoms with Crippen molar-refractivity contribution in [2.75, 3.05) is 12.3 Å². The monoisotopic (exact) mass is 315 g/mol. The second kappa shape index (κ2) is 6.07. The van der Waals surface area contributed by atoms with Crippen molar-refractivity contribution in [3.05, 3.63) is 64.7 Å². The van der Waals surface area contributed by atoms with Gasteiger partial charge in [0.1, 0.15) is 12.3 Å². The smallest absolute Gasteiger partial charge is 0.431 e. The lowest BCUT2D eigenvalue weighted by molar-refractivity contribution is 0.104. The van der Waals surface area contributed by atoms with Gasteiger partial charge in [0.05, 0.1) is 6.54 Å². The number of hydrogen-bond acceptors (Lipinski definition) is 4. The van der Waals surface area contributed by atoms with E-state index in [1.807, 2.05) is 24.3 Å². The molecular formula is C16H14ClN3O2. The van der Waals surface area contributed by atoms with Crippen LogP contribution in [-0.4, -0.2) is 23.4 Å². The van der Waals surface area contributed by atoms with E-state index in [-0.39, 0.29) is 6.61 Å². The molecule has 2 aromatic rings. The summed E-state index contributed by atoms with van der Waals surface area (Å²) in [5, 5.41) is 6.34. The number of ether oxygens (including phenoxy) is 1. The molecule has 0 saturated heterocycles. The van der Waals surface area contributed by atoms with Crippen LogP contribution < -0.4 is 5.73 Å². The van der Waals surface area contributed by atoms with E-state index in [0.29, 0.717) is 23.0 Å². The van der Waals surface area contributed by atoms with Crippen LogP contribution in [0.3, 0.4) is 0 Å². The Kier molecular flexibility index (Phi) is 3.98. The van der Waals surface area contributed by atoms with Crippen LogP contribution in [0.5, 0.6) is 0 Å². The van der Waals surface area contributed by atoms with Gasteiger partial charge in [0.25, 0.3) is 0 Å². The van der Waals surface area contributed by atoms with E-state index in [1.54, 1.807) is 24.3 Å². The summed E-state index contributed by atoms with van der Waals surface area (Å²) >= 11 is 5.88. The molecular weight excluding hydrogens is 302 g/mol. The molecule has 0 atom stereocenters. The maximum Gasteiger partial charge on any atom is 0.431 e. The van der Waals surface area contributed by atoms with Crippen LogP contribution in [-0.2, 0) is 11.3 Å². The second-order valence-corrected chi connectivity index (χ2v) is 5.34. The third-order valence-electron chi connectivity index (χ3n) is 3.27. The van der Waals surface area contributed by atoms with Crippen LogP contribution in [0.2, 0.25) is 5.02 Å². The summed E-state index contributed by atoms with van der Waals surface area (Å²) in [7, 11) is 0. The minimum Gasteiger partial charge on any atom is -0.442 e. The van der Waals surface area contributed by atoms with Gasteiger partial charge in [-0.05, 0) is 29.8 Å². The molecule has 0 saturated carbocycles. The Morgan fingerprint density at radius 2 is 1.82 bits per heavy atom. The van der Waals surface area contributed by atoms with Crippen molar-refractivity contribution < 1.29 is 9.53 Å². The molecule has 6 heteroatoms. The van der Waals surface area contributed by atoms with E-state index in [1.165, 1.54) is 5.01 Å². The predicted octanol–water partition coefficient (Wildman–Crippen LogP) is 3.28. The molecule has 1 amide bonds. The number of anilines is 1. The fourth-order valence-corrected chi connectivity index (χ4v) is 2.23. The molecule has 3 rings (SSSR count). The molecule has 2 N–H and O–H groups in total. The highest BCUT2D eigenvalue weighted by Crippen LogP contribution is 2.16. The molecule has 1 heterocycles. The van der Waals surface area contributed by atoms with Gasteiger partial charge in [-0.25, -0.2) is 4.79 Å². The molecule has 2 aromatic carbocycles. The fraction of sp³-hybridized carbons (Fsp3) is 0.125. The van der Waals surface area contributed by atoms with Crippen molar-refractivity contribution in [1.82, 2.24) is 5.01 Å². The molecule has 22 heavy (non-hydrogen) atoms. The Morgan fingerprint density at radius 1 is 1.14 bits per heavy atom. The molecule has 112 valence electrons. The van der Waals surface area contributed by atoms with E-state index in [0.717, 1.165) is 11.1 Å². The number of nitrogens with zero attached hydrogens (tertiary/aromatic N) is 2. The summed E-state index contributed by atoms with van der Waals surface area (Å²) in [4.78, 5) is 11.8. The number of halogens is 1. The number of hydrogen-bond donors (Lipinski definition) is 1. The molecule has 0 unspecified atom stereocenters. The van der Waals surface area contributed by atoms with Gasteiger partial charge in [0, 0.05) is 16.3 Å². The number of carbonyl (C=O) groups excluding carboxylic acids is 1. The zero-order chi connectivity index (χ0) is 15.5. The maximum absolute atomic E-state index is 11.8. The van der Waals surface area contributed by atoms with Crippen LogP contribution >= 0.6 is 11.6 Å². The Hall–Kier alpha value is -2.53. The normalized spacial score (nSPS) is 14.5. The molecule has 0 bridgehead atoms. The lowest BCUT2D eigenvalue weighted by Crippen LogP contribution is -2.35. The standard InChI is InChI=1S/C16H14ClN3O2/c17-13-5-3-12(4-6-13)15-10-22-16(21)20(19-15)9-11-1-7-14(18)8-2-11/h1-8H,9-10,18H2. The molecule has 0 aromatic heterocycles. The van der Waals surface area contributed by atoms with E-state index >= 15 is 0 Å². The number of cyclic esters (lactones) is 1. The van der Waals surface area contributed by atoms with E-state index in [9.17, 15) is 4.79 Å². The minimum absolute atomic E-state index is 0.151. The van der Waals surface area contributed by atoms with Gasteiger partial charge in [0.15, 0.2) is 0 Å². The molecule has 5 nitrogen and oxygen atoms in total. The van der Waals surface area contributed by atoms with Gasteiger partial charge in [-0.1, -0.05) is 35.9 Å². The number of carbonyl (C=O) groups is 1. The van der Waals surface area contributed by atoms with Crippen LogP contribution in [0.25, 0.3) is 0 Å². The molecule has 0 fully saturated rings. The topological polar surface area (TPSA) is 67.9 Å². The summed E-state index contributed by atoms with van der Waals surface area (Å²) in [6.07, 6.45) is -0.463. The van der Waals surface area contributed by atoms with E-state index in [2.05, 4.69) is 5.10 Å². The van der Waals surface area contributed by atoms with E-state index in [4.69, 9.17) is 22.1 Å². The fourth-order valence-electron chi connectivity index (χ4n) is 2.10. The molecule has 0 aliphatic carbocycles. The zero-order valence-electron chi connectivity index (χ0n) is 11.7. The van der Waals surface area contributed by atoms with Crippen molar-refractivity contribution >= 4 is 29.1 Å². The number of nitrogens with two attached hydrogens (primary N) is 1. The average Bonchev–Trinajstić information content (AvgIpc) is 2.52. The van der Waals surface area contributed by atoms with Gasteiger partial charge in [-0.15, -0.1) is 0 Å². The predicted molar refractivity (Wildman–Crippen MR) is 85.7 cm³/mol. The Bertz CT molecular complexity index is 711. The van der Waals surface area contributed by atoms with Crippen LogP contribution in [0.15, 0.2) is 53.6 Å². The zero-order valence-corrected chi connectivity index (χ0v) is 12.5. The maximum atomic E-state index is 11.8. The molecule has 1 aliphatic rings. The van der Waals surface area contributed by atoms with E-state index < -0.39 is 6.09 Å².